The van der Waals surface area contributed by atoms with Gasteiger partial charge in [0.25, 0.3) is 5.91 Å². The number of carbonyl (C=O) groups is 2. The van der Waals surface area contributed by atoms with Crippen molar-refractivity contribution in [2.75, 3.05) is 20.2 Å². The van der Waals surface area contributed by atoms with Crippen LogP contribution < -0.4 is 15.4 Å². The van der Waals surface area contributed by atoms with Crippen molar-refractivity contribution in [1.29, 1.82) is 0 Å². The summed E-state index contributed by atoms with van der Waals surface area (Å²) in [7, 11) is 1.54. The van der Waals surface area contributed by atoms with E-state index in [2.05, 4.69) is 10.6 Å². The molecule has 5 nitrogen and oxygen atoms in total. The predicted octanol–water partition coefficient (Wildman–Crippen LogP) is 1.78. The number of nitrogens with one attached hydrogen (secondary N) is 2. The lowest BCUT2D eigenvalue weighted by atomic mass is 10.1. The van der Waals surface area contributed by atoms with Gasteiger partial charge in [0, 0.05) is 12.1 Å². The molecule has 2 N–H and O–H groups in total. The largest absolute Gasteiger partial charge is 0.497 e. The molecule has 0 aliphatic heterocycles. The van der Waals surface area contributed by atoms with Gasteiger partial charge in [0.15, 0.2) is 0 Å². The van der Waals surface area contributed by atoms with E-state index >= 15 is 0 Å². The van der Waals surface area contributed by atoms with Crippen LogP contribution in [0.5, 0.6) is 5.75 Å². The third-order valence-electron chi connectivity index (χ3n) is 3.32. The maximum Gasteiger partial charge on any atom is 0.251 e. The van der Waals surface area contributed by atoms with Gasteiger partial charge in [-0.2, -0.15) is 0 Å². The van der Waals surface area contributed by atoms with E-state index in [1.165, 1.54) is 7.11 Å². The van der Waals surface area contributed by atoms with E-state index in [0.717, 1.165) is 12.0 Å². The summed E-state index contributed by atoms with van der Waals surface area (Å²) in [5.74, 6) is 0.0873. The van der Waals surface area contributed by atoms with Gasteiger partial charge in [-0.25, -0.2) is 0 Å². The summed E-state index contributed by atoms with van der Waals surface area (Å²) in [4.78, 5) is 23.7. The Hall–Kier alpha value is -2.82. The molecule has 2 rings (SSSR count). The second-order valence-corrected chi connectivity index (χ2v) is 5.00. The standard InChI is InChI=1S/C18H20N2O3/c1-23-16-9-5-8-15(12-16)18(22)20-13-17(21)19-11-10-14-6-3-2-4-7-14/h2-9,12H,10-11,13H2,1H3,(H,19,21)(H,20,22). The molecular weight excluding hydrogens is 292 g/mol. The zero-order valence-corrected chi connectivity index (χ0v) is 13.0. The number of hydrogen-bond acceptors (Lipinski definition) is 3. The summed E-state index contributed by atoms with van der Waals surface area (Å²) in [6.45, 7) is 0.489. The number of benzene rings is 2. The average molecular weight is 312 g/mol. The van der Waals surface area contributed by atoms with E-state index in [1.807, 2.05) is 30.3 Å². The molecule has 0 bridgehead atoms. The Morgan fingerprint density at radius 1 is 1.00 bits per heavy atom. The van der Waals surface area contributed by atoms with Crippen molar-refractivity contribution in [2.24, 2.45) is 0 Å². The van der Waals surface area contributed by atoms with Crippen molar-refractivity contribution in [2.45, 2.75) is 6.42 Å². The van der Waals surface area contributed by atoms with Gasteiger partial charge in [-0.05, 0) is 30.2 Å². The van der Waals surface area contributed by atoms with Crippen LogP contribution in [0.1, 0.15) is 15.9 Å². The monoisotopic (exact) mass is 312 g/mol. The maximum atomic E-state index is 12.0. The fraction of sp³-hybridized carbons (Fsp3) is 0.222. The lowest BCUT2D eigenvalue weighted by molar-refractivity contribution is -0.120. The van der Waals surface area contributed by atoms with Gasteiger partial charge in [-0.15, -0.1) is 0 Å². The van der Waals surface area contributed by atoms with Crippen LogP contribution in [0.25, 0.3) is 0 Å². The van der Waals surface area contributed by atoms with Crippen LogP contribution in [-0.4, -0.2) is 32.0 Å². The Balaban J connectivity index is 1.72. The van der Waals surface area contributed by atoms with Crippen LogP contribution >= 0.6 is 0 Å². The number of hydrogen-bond donors (Lipinski definition) is 2. The summed E-state index contributed by atoms with van der Waals surface area (Å²) < 4.78 is 5.07. The first-order valence-electron chi connectivity index (χ1n) is 7.42. The molecular formula is C18H20N2O3. The smallest absolute Gasteiger partial charge is 0.251 e. The Kier molecular flexibility index (Phi) is 6.17. The highest BCUT2D eigenvalue weighted by atomic mass is 16.5. The molecule has 0 heterocycles. The van der Waals surface area contributed by atoms with Crippen LogP contribution in [0, 0.1) is 0 Å². The zero-order valence-electron chi connectivity index (χ0n) is 13.0. The van der Waals surface area contributed by atoms with Crippen LogP contribution in [0.3, 0.4) is 0 Å². The number of ether oxygens (including phenoxy) is 1. The second kappa shape index (κ2) is 8.58. The van der Waals surface area contributed by atoms with E-state index in [4.69, 9.17) is 4.74 Å². The average Bonchev–Trinajstić information content (AvgIpc) is 2.60. The molecule has 23 heavy (non-hydrogen) atoms. The molecule has 0 saturated heterocycles. The first kappa shape index (κ1) is 16.5. The molecule has 2 aromatic carbocycles. The molecule has 0 aromatic heterocycles. The van der Waals surface area contributed by atoms with Gasteiger partial charge in [0.1, 0.15) is 5.75 Å². The summed E-state index contributed by atoms with van der Waals surface area (Å²) in [5, 5.41) is 5.37. The third-order valence-corrected chi connectivity index (χ3v) is 3.32. The molecule has 0 saturated carbocycles. The maximum absolute atomic E-state index is 12.0. The molecule has 2 aromatic rings. The van der Waals surface area contributed by atoms with Gasteiger partial charge in [-0.3, -0.25) is 9.59 Å². The Bertz CT molecular complexity index is 656. The molecule has 0 radical (unpaired) electrons. The van der Waals surface area contributed by atoms with E-state index in [-0.39, 0.29) is 18.4 Å². The summed E-state index contributed by atoms with van der Waals surface area (Å²) in [6, 6.07) is 16.7. The van der Waals surface area contributed by atoms with Crippen molar-refractivity contribution in [3.05, 3.63) is 65.7 Å². The van der Waals surface area contributed by atoms with Gasteiger partial charge in [-0.1, -0.05) is 36.4 Å². The van der Waals surface area contributed by atoms with Crippen LogP contribution in [0.15, 0.2) is 54.6 Å². The first-order valence-corrected chi connectivity index (χ1v) is 7.42. The van der Waals surface area contributed by atoms with Crippen molar-refractivity contribution < 1.29 is 14.3 Å². The lowest BCUT2D eigenvalue weighted by Crippen LogP contribution is -2.37. The molecule has 0 fully saturated rings. The fourth-order valence-corrected chi connectivity index (χ4v) is 2.08. The number of methoxy groups -OCH3 is 1. The number of rotatable bonds is 7. The molecule has 0 aliphatic rings. The Morgan fingerprint density at radius 2 is 1.78 bits per heavy atom. The van der Waals surface area contributed by atoms with Crippen LogP contribution in [0.2, 0.25) is 0 Å². The van der Waals surface area contributed by atoms with Crippen molar-refractivity contribution in [3.63, 3.8) is 0 Å². The predicted molar refractivity (Wildman–Crippen MR) is 88.5 cm³/mol. The first-order chi connectivity index (χ1) is 11.2. The van der Waals surface area contributed by atoms with E-state index in [9.17, 15) is 9.59 Å². The summed E-state index contributed by atoms with van der Waals surface area (Å²) in [6.07, 6.45) is 0.760. The second-order valence-electron chi connectivity index (χ2n) is 5.00. The topological polar surface area (TPSA) is 67.4 Å². The molecule has 0 aliphatic carbocycles. The van der Waals surface area contributed by atoms with Gasteiger partial charge in [0.05, 0.1) is 13.7 Å². The minimum atomic E-state index is -0.304. The van der Waals surface area contributed by atoms with Gasteiger partial charge >= 0.3 is 0 Å². The van der Waals surface area contributed by atoms with Crippen molar-refractivity contribution in [3.8, 4) is 5.75 Å². The zero-order chi connectivity index (χ0) is 16.5. The Morgan fingerprint density at radius 3 is 2.52 bits per heavy atom. The molecule has 0 atom stereocenters. The molecule has 2 amide bonds. The van der Waals surface area contributed by atoms with Gasteiger partial charge < -0.3 is 15.4 Å². The quantitative estimate of drug-likeness (QED) is 0.819. The van der Waals surface area contributed by atoms with Crippen molar-refractivity contribution in [1.82, 2.24) is 10.6 Å². The number of carbonyl (C=O) groups excluding carboxylic acids is 2. The highest BCUT2D eigenvalue weighted by Gasteiger charge is 2.08. The highest BCUT2D eigenvalue weighted by Crippen LogP contribution is 2.12. The normalized spacial score (nSPS) is 9.96. The SMILES string of the molecule is COc1cccc(C(=O)NCC(=O)NCCc2ccccc2)c1. The third kappa shape index (κ3) is 5.47. The van der Waals surface area contributed by atoms with E-state index in [0.29, 0.717) is 17.9 Å². The van der Waals surface area contributed by atoms with Crippen LogP contribution in [-0.2, 0) is 11.2 Å². The minimum absolute atomic E-state index is 0.0508. The molecule has 0 unspecified atom stereocenters. The molecule has 0 spiro atoms. The van der Waals surface area contributed by atoms with Gasteiger partial charge in [0.2, 0.25) is 5.91 Å². The number of amides is 2. The van der Waals surface area contributed by atoms with E-state index < -0.39 is 0 Å². The lowest BCUT2D eigenvalue weighted by Gasteiger charge is -2.08. The highest BCUT2D eigenvalue weighted by molar-refractivity contribution is 5.96. The molecule has 120 valence electrons. The van der Waals surface area contributed by atoms with E-state index in [1.54, 1.807) is 24.3 Å². The molecule has 5 heteroatoms. The minimum Gasteiger partial charge on any atom is -0.497 e. The van der Waals surface area contributed by atoms with Crippen LogP contribution in [0.4, 0.5) is 0 Å². The fourth-order valence-electron chi connectivity index (χ4n) is 2.08. The van der Waals surface area contributed by atoms with Crippen molar-refractivity contribution >= 4 is 11.8 Å². The summed E-state index contributed by atoms with van der Waals surface area (Å²) in [5.41, 5.74) is 1.62. The summed E-state index contributed by atoms with van der Waals surface area (Å²) >= 11 is 0. The Labute approximate surface area is 135 Å².